The molecule has 0 spiro atoms. The highest BCUT2D eigenvalue weighted by Crippen LogP contribution is 2.34. The third kappa shape index (κ3) is 5.74. The van der Waals surface area contributed by atoms with Gasteiger partial charge in [0.2, 0.25) is 5.91 Å². The number of carbonyl (C=O) groups excluding carboxylic acids is 1. The fourth-order valence-electron chi connectivity index (χ4n) is 4.14. The number of ether oxygens (including phenoxy) is 2. The van der Waals surface area contributed by atoms with Crippen LogP contribution in [0.25, 0.3) is 0 Å². The molecule has 31 heavy (non-hydrogen) atoms. The van der Waals surface area contributed by atoms with Crippen molar-refractivity contribution in [3.05, 3.63) is 53.9 Å². The number of aromatic nitrogens is 1. The maximum Gasteiger partial charge on any atom is 0.234 e. The van der Waals surface area contributed by atoms with E-state index in [0.29, 0.717) is 19.8 Å². The number of rotatable bonds is 7. The van der Waals surface area contributed by atoms with Crippen LogP contribution in [0.2, 0.25) is 0 Å². The largest absolute Gasteiger partial charge is 0.486 e. The van der Waals surface area contributed by atoms with Crippen LogP contribution in [0.5, 0.6) is 11.5 Å². The van der Waals surface area contributed by atoms with Crippen LogP contribution in [-0.2, 0) is 11.3 Å². The molecule has 0 radical (unpaired) electrons. The van der Waals surface area contributed by atoms with Gasteiger partial charge in [0.25, 0.3) is 0 Å². The van der Waals surface area contributed by atoms with E-state index in [9.17, 15) is 4.79 Å². The number of carbonyl (C=O) groups is 1. The average molecular weight is 425 g/mol. The van der Waals surface area contributed by atoms with Crippen LogP contribution in [0.3, 0.4) is 0 Å². The highest BCUT2D eigenvalue weighted by Gasteiger charge is 2.24. The summed E-state index contributed by atoms with van der Waals surface area (Å²) < 4.78 is 11.3. The zero-order valence-corrected chi connectivity index (χ0v) is 18.4. The molecule has 7 nitrogen and oxygen atoms in total. The maximum atomic E-state index is 12.8. The second kappa shape index (κ2) is 10.1. The SMILES string of the molecule is CC(C)C(NC(=O)CN1CCN(Cc2ccccn2)CC1)c1ccc2c(c1)OCCO2. The molecular formula is C24H32N4O3. The van der Waals surface area contributed by atoms with E-state index < -0.39 is 0 Å². The minimum atomic E-state index is -0.0613. The molecule has 1 amide bonds. The predicted octanol–water partition coefficient (Wildman–Crippen LogP) is 2.48. The fraction of sp³-hybridized carbons (Fsp3) is 0.500. The van der Waals surface area contributed by atoms with Crippen molar-refractivity contribution in [1.29, 1.82) is 0 Å². The van der Waals surface area contributed by atoms with Crippen LogP contribution in [-0.4, -0.2) is 66.6 Å². The molecule has 2 aliphatic heterocycles. The Morgan fingerprint density at radius 2 is 1.77 bits per heavy atom. The van der Waals surface area contributed by atoms with Gasteiger partial charge in [-0.05, 0) is 35.7 Å². The van der Waals surface area contributed by atoms with Gasteiger partial charge in [-0.3, -0.25) is 19.6 Å². The first kappa shape index (κ1) is 21.6. The molecule has 1 saturated heterocycles. The molecule has 4 rings (SSSR count). The average Bonchev–Trinajstić information content (AvgIpc) is 2.79. The lowest BCUT2D eigenvalue weighted by molar-refractivity contribution is -0.123. The lowest BCUT2D eigenvalue weighted by Gasteiger charge is -2.34. The molecule has 3 heterocycles. The number of benzene rings is 1. The summed E-state index contributed by atoms with van der Waals surface area (Å²) in [6.45, 7) is 10.3. The first-order valence-corrected chi connectivity index (χ1v) is 11.1. The van der Waals surface area contributed by atoms with Gasteiger partial charge in [-0.15, -0.1) is 0 Å². The van der Waals surface area contributed by atoms with Crippen LogP contribution >= 0.6 is 0 Å². The standard InChI is InChI=1S/C24H32N4O3/c1-18(2)24(19-6-7-21-22(15-19)31-14-13-30-21)26-23(29)17-28-11-9-27(10-12-28)16-20-5-3-4-8-25-20/h3-8,15,18,24H,9-14,16-17H2,1-2H3,(H,26,29). The molecule has 2 aliphatic rings. The Balaban J connectivity index is 1.29. The second-order valence-electron chi connectivity index (χ2n) is 8.57. The second-order valence-corrected chi connectivity index (χ2v) is 8.57. The molecule has 0 bridgehead atoms. The van der Waals surface area contributed by atoms with Gasteiger partial charge in [-0.25, -0.2) is 0 Å². The molecule has 1 N–H and O–H groups in total. The van der Waals surface area contributed by atoms with Crippen molar-refractivity contribution in [1.82, 2.24) is 20.1 Å². The highest BCUT2D eigenvalue weighted by molar-refractivity contribution is 5.78. The van der Waals surface area contributed by atoms with E-state index in [1.165, 1.54) is 0 Å². The van der Waals surface area contributed by atoms with Crippen molar-refractivity contribution >= 4 is 5.91 Å². The number of nitrogens with one attached hydrogen (secondary N) is 1. The summed E-state index contributed by atoms with van der Waals surface area (Å²) in [4.78, 5) is 21.9. The summed E-state index contributed by atoms with van der Waals surface area (Å²) in [6, 6.07) is 11.9. The van der Waals surface area contributed by atoms with Gasteiger partial charge < -0.3 is 14.8 Å². The molecule has 1 aromatic heterocycles. The van der Waals surface area contributed by atoms with Crippen LogP contribution in [0.1, 0.15) is 31.1 Å². The van der Waals surface area contributed by atoms with E-state index >= 15 is 0 Å². The van der Waals surface area contributed by atoms with Crippen molar-refractivity contribution in [3.63, 3.8) is 0 Å². The highest BCUT2D eigenvalue weighted by atomic mass is 16.6. The summed E-state index contributed by atoms with van der Waals surface area (Å²) in [6.07, 6.45) is 1.84. The third-order valence-corrected chi connectivity index (χ3v) is 5.85. The molecule has 2 aromatic rings. The normalized spacial score (nSPS) is 18.0. The summed E-state index contributed by atoms with van der Waals surface area (Å²) in [5.74, 6) is 1.86. The number of fused-ring (bicyclic) bond motifs is 1. The van der Waals surface area contributed by atoms with E-state index in [0.717, 1.165) is 55.5 Å². The lowest BCUT2D eigenvalue weighted by Crippen LogP contribution is -2.49. The van der Waals surface area contributed by atoms with E-state index in [1.54, 1.807) is 0 Å². The Hall–Kier alpha value is -2.64. The zero-order chi connectivity index (χ0) is 21.6. The number of nitrogens with zero attached hydrogens (tertiary/aromatic N) is 3. The quantitative estimate of drug-likeness (QED) is 0.737. The van der Waals surface area contributed by atoms with Crippen molar-refractivity contribution in [2.24, 2.45) is 5.92 Å². The van der Waals surface area contributed by atoms with E-state index in [4.69, 9.17) is 9.47 Å². The molecule has 1 unspecified atom stereocenters. The molecule has 0 saturated carbocycles. The summed E-state index contributed by atoms with van der Waals surface area (Å²) in [5, 5.41) is 3.24. The maximum absolute atomic E-state index is 12.8. The monoisotopic (exact) mass is 424 g/mol. The van der Waals surface area contributed by atoms with E-state index in [1.807, 2.05) is 36.5 Å². The van der Waals surface area contributed by atoms with Crippen molar-refractivity contribution in [2.75, 3.05) is 45.9 Å². The molecule has 0 aliphatic carbocycles. The molecule has 1 aromatic carbocycles. The van der Waals surface area contributed by atoms with Crippen LogP contribution < -0.4 is 14.8 Å². The number of amides is 1. The van der Waals surface area contributed by atoms with Gasteiger partial charge in [0, 0.05) is 38.9 Å². The molecule has 7 heteroatoms. The third-order valence-electron chi connectivity index (χ3n) is 5.85. The minimum Gasteiger partial charge on any atom is -0.486 e. The minimum absolute atomic E-state index is 0.0613. The summed E-state index contributed by atoms with van der Waals surface area (Å²) in [7, 11) is 0. The van der Waals surface area contributed by atoms with Gasteiger partial charge in [0.1, 0.15) is 13.2 Å². The van der Waals surface area contributed by atoms with Gasteiger partial charge in [0.05, 0.1) is 18.3 Å². The summed E-state index contributed by atoms with van der Waals surface area (Å²) in [5.41, 5.74) is 2.14. The van der Waals surface area contributed by atoms with Crippen molar-refractivity contribution in [3.8, 4) is 11.5 Å². The van der Waals surface area contributed by atoms with Crippen molar-refractivity contribution < 1.29 is 14.3 Å². The Kier molecular flexibility index (Phi) is 7.04. The number of hydrogen-bond donors (Lipinski definition) is 1. The zero-order valence-electron chi connectivity index (χ0n) is 18.4. The first-order chi connectivity index (χ1) is 15.1. The predicted molar refractivity (Wildman–Crippen MR) is 119 cm³/mol. The molecule has 166 valence electrons. The van der Waals surface area contributed by atoms with Gasteiger partial charge in [-0.2, -0.15) is 0 Å². The Morgan fingerprint density at radius 1 is 1.03 bits per heavy atom. The van der Waals surface area contributed by atoms with E-state index in [2.05, 4.69) is 40.0 Å². The smallest absolute Gasteiger partial charge is 0.234 e. The number of hydrogen-bond acceptors (Lipinski definition) is 6. The Labute approximate surface area is 184 Å². The van der Waals surface area contributed by atoms with Gasteiger partial charge in [0.15, 0.2) is 11.5 Å². The van der Waals surface area contributed by atoms with E-state index in [-0.39, 0.29) is 17.9 Å². The molecule has 1 fully saturated rings. The van der Waals surface area contributed by atoms with Crippen LogP contribution in [0.4, 0.5) is 0 Å². The topological polar surface area (TPSA) is 66.9 Å². The van der Waals surface area contributed by atoms with Crippen molar-refractivity contribution in [2.45, 2.75) is 26.4 Å². The Bertz CT molecular complexity index is 866. The van der Waals surface area contributed by atoms with Crippen LogP contribution in [0, 0.1) is 5.92 Å². The lowest BCUT2D eigenvalue weighted by atomic mass is 9.95. The first-order valence-electron chi connectivity index (χ1n) is 11.1. The number of piperazine rings is 1. The number of pyridine rings is 1. The molecule has 1 atom stereocenters. The Morgan fingerprint density at radius 3 is 2.48 bits per heavy atom. The van der Waals surface area contributed by atoms with Gasteiger partial charge in [-0.1, -0.05) is 26.0 Å². The fourth-order valence-corrected chi connectivity index (χ4v) is 4.14. The van der Waals surface area contributed by atoms with Gasteiger partial charge >= 0.3 is 0 Å². The summed E-state index contributed by atoms with van der Waals surface area (Å²) >= 11 is 0. The molecular weight excluding hydrogens is 392 g/mol. The van der Waals surface area contributed by atoms with Crippen LogP contribution in [0.15, 0.2) is 42.6 Å².